The summed E-state index contributed by atoms with van der Waals surface area (Å²) in [6, 6.07) is 11.1. The van der Waals surface area contributed by atoms with Gasteiger partial charge in [-0.1, -0.05) is 35.4 Å². The molecule has 0 spiro atoms. The third-order valence-electron chi connectivity index (χ3n) is 4.75. The molecule has 28 heavy (non-hydrogen) atoms. The highest BCUT2D eigenvalue weighted by molar-refractivity contribution is 7.10. The number of amides is 2. The number of thiophene rings is 1. The van der Waals surface area contributed by atoms with E-state index in [0.717, 1.165) is 29.7 Å². The zero-order chi connectivity index (χ0) is 19.8. The average Bonchev–Trinajstić information content (AvgIpc) is 3.22. The van der Waals surface area contributed by atoms with Crippen molar-refractivity contribution in [2.24, 2.45) is 0 Å². The summed E-state index contributed by atoms with van der Waals surface area (Å²) >= 11 is 1.52. The van der Waals surface area contributed by atoms with Gasteiger partial charge in [0.1, 0.15) is 5.70 Å². The maximum Gasteiger partial charge on any atom is 0.267 e. The molecule has 2 aromatic rings. The van der Waals surface area contributed by atoms with Gasteiger partial charge in [0, 0.05) is 17.0 Å². The molecule has 2 amide bonds. The van der Waals surface area contributed by atoms with Gasteiger partial charge in [-0.25, -0.2) is 0 Å². The lowest BCUT2D eigenvalue weighted by molar-refractivity contribution is -0.117. The van der Waals surface area contributed by atoms with Gasteiger partial charge < -0.3 is 10.6 Å². The van der Waals surface area contributed by atoms with Crippen LogP contribution in [0.3, 0.4) is 0 Å². The second kappa shape index (κ2) is 10.0. The van der Waals surface area contributed by atoms with Crippen LogP contribution in [0.15, 0.2) is 59.1 Å². The second-order valence-corrected chi connectivity index (χ2v) is 7.99. The number of allylic oxidation sites excluding steroid dienone is 1. The van der Waals surface area contributed by atoms with E-state index < -0.39 is 0 Å². The Morgan fingerprint density at radius 1 is 1.14 bits per heavy atom. The number of rotatable bonds is 7. The summed E-state index contributed by atoms with van der Waals surface area (Å²) in [6.45, 7) is 2.55. The number of carbonyl (C=O) groups excluding carboxylic acids is 2. The number of aryl methyl sites for hydroxylation is 1. The number of hydrogen-bond acceptors (Lipinski definition) is 3. The van der Waals surface area contributed by atoms with E-state index in [4.69, 9.17) is 0 Å². The molecule has 0 saturated carbocycles. The van der Waals surface area contributed by atoms with Crippen LogP contribution in [0.4, 0.5) is 0 Å². The standard InChI is InChI=1S/C23H26N2O2S/c1-17-9-11-19(12-10-17)22(26)25-21(16-20-8-5-15-28-20)23(27)24-14-13-18-6-3-2-4-7-18/h5-6,8-12,15-16H,2-4,7,13-14H2,1H3,(H,24,27)(H,25,26)/b21-16-. The van der Waals surface area contributed by atoms with Crippen LogP contribution in [0, 0.1) is 6.92 Å². The summed E-state index contributed by atoms with van der Waals surface area (Å²) < 4.78 is 0. The first-order valence-corrected chi connectivity index (χ1v) is 10.6. The molecule has 2 N–H and O–H groups in total. The van der Waals surface area contributed by atoms with Crippen LogP contribution in [0.5, 0.6) is 0 Å². The third kappa shape index (κ3) is 5.92. The SMILES string of the molecule is Cc1ccc(C(=O)N/C(=C\c2cccs2)C(=O)NCCC2=CCCCC2)cc1. The van der Waals surface area contributed by atoms with E-state index in [0.29, 0.717) is 12.1 Å². The lowest BCUT2D eigenvalue weighted by atomic mass is 9.97. The Kier molecular flexibility index (Phi) is 7.20. The fraction of sp³-hybridized carbons (Fsp3) is 0.304. The number of carbonyl (C=O) groups is 2. The Bertz CT molecular complexity index is 865. The van der Waals surface area contributed by atoms with Gasteiger partial charge in [0.05, 0.1) is 0 Å². The van der Waals surface area contributed by atoms with E-state index in [1.807, 2.05) is 36.6 Å². The van der Waals surface area contributed by atoms with Gasteiger partial charge in [-0.2, -0.15) is 0 Å². The lowest BCUT2D eigenvalue weighted by Gasteiger charge is -2.14. The van der Waals surface area contributed by atoms with Crippen LogP contribution in [-0.2, 0) is 4.79 Å². The molecule has 1 aliphatic rings. The zero-order valence-corrected chi connectivity index (χ0v) is 17.0. The normalized spacial score (nSPS) is 14.3. The van der Waals surface area contributed by atoms with Crippen molar-refractivity contribution in [1.29, 1.82) is 0 Å². The molecule has 0 atom stereocenters. The van der Waals surface area contributed by atoms with Crippen LogP contribution < -0.4 is 10.6 Å². The minimum atomic E-state index is -0.284. The van der Waals surface area contributed by atoms with Gasteiger partial charge in [-0.3, -0.25) is 9.59 Å². The van der Waals surface area contributed by atoms with Crippen LogP contribution in [0.25, 0.3) is 6.08 Å². The highest BCUT2D eigenvalue weighted by atomic mass is 32.1. The molecule has 0 radical (unpaired) electrons. The Labute approximate surface area is 170 Å². The van der Waals surface area contributed by atoms with Crippen molar-refractivity contribution in [3.05, 3.63) is 75.1 Å². The molecule has 146 valence electrons. The molecular formula is C23H26N2O2S. The molecule has 1 aromatic carbocycles. The molecule has 0 aliphatic heterocycles. The summed E-state index contributed by atoms with van der Waals surface area (Å²) in [6.07, 6.45) is 9.63. The Morgan fingerprint density at radius 3 is 2.64 bits per heavy atom. The summed E-state index contributed by atoms with van der Waals surface area (Å²) in [7, 11) is 0. The maximum absolute atomic E-state index is 12.7. The zero-order valence-electron chi connectivity index (χ0n) is 16.2. The largest absolute Gasteiger partial charge is 0.350 e. The smallest absolute Gasteiger partial charge is 0.267 e. The summed E-state index contributed by atoms with van der Waals surface area (Å²) in [4.78, 5) is 26.2. The fourth-order valence-corrected chi connectivity index (χ4v) is 3.79. The van der Waals surface area contributed by atoms with E-state index in [1.165, 1.54) is 29.8 Å². The van der Waals surface area contributed by atoms with Crippen molar-refractivity contribution in [2.45, 2.75) is 39.0 Å². The van der Waals surface area contributed by atoms with E-state index >= 15 is 0 Å². The molecule has 3 rings (SSSR count). The fourth-order valence-electron chi connectivity index (χ4n) is 3.14. The van der Waals surface area contributed by atoms with E-state index in [1.54, 1.807) is 18.2 Å². The predicted octanol–water partition coefficient (Wildman–Crippen LogP) is 4.83. The molecule has 4 nitrogen and oxygen atoms in total. The molecular weight excluding hydrogens is 368 g/mol. The molecule has 1 heterocycles. The van der Waals surface area contributed by atoms with Crippen LogP contribution in [-0.4, -0.2) is 18.4 Å². The first-order valence-electron chi connectivity index (χ1n) is 9.71. The number of hydrogen-bond donors (Lipinski definition) is 2. The lowest BCUT2D eigenvalue weighted by Crippen LogP contribution is -2.35. The van der Waals surface area contributed by atoms with Gasteiger partial charge in [-0.15, -0.1) is 11.3 Å². The molecule has 1 aromatic heterocycles. The third-order valence-corrected chi connectivity index (χ3v) is 5.57. The quantitative estimate of drug-likeness (QED) is 0.522. The summed E-state index contributed by atoms with van der Waals surface area (Å²) in [5.74, 6) is -0.543. The van der Waals surface area contributed by atoms with E-state index in [-0.39, 0.29) is 17.5 Å². The van der Waals surface area contributed by atoms with Gasteiger partial charge in [0.25, 0.3) is 11.8 Å². The summed E-state index contributed by atoms with van der Waals surface area (Å²) in [5, 5.41) is 7.67. The van der Waals surface area contributed by atoms with Crippen LogP contribution in [0.1, 0.15) is 52.9 Å². The van der Waals surface area contributed by atoms with Crippen LogP contribution >= 0.6 is 11.3 Å². The Hall–Kier alpha value is -2.66. The van der Waals surface area contributed by atoms with Gasteiger partial charge in [0.15, 0.2) is 0 Å². The average molecular weight is 395 g/mol. The molecule has 0 bridgehead atoms. The van der Waals surface area contributed by atoms with E-state index in [9.17, 15) is 9.59 Å². The minimum Gasteiger partial charge on any atom is -0.350 e. The van der Waals surface area contributed by atoms with Crippen molar-refractivity contribution in [1.82, 2.24) is 10.6 Å². The van der Waals surface area contributed by atoms with Crippen molar-refractivity contribution < 1.29 is 9.59 Å². The maximum atomic E-state index is 12.7. The molecule has 0 saturated heterocycles. The number of nitrogens with one attached hydrogen (secondary N) is 2. The molecule has 5 heteroatoms. The highest BCUT2D eigenvalue weighted by Gasteiger charge is 2.15. The molecule has 0 unspecified atom stereocenters. The molecule has 0 fully saturated rings. The van der Waals surface area contributed by atoms with Crippen LogP contribution in [0.2, 0.25) is 0 Å². The van der Waals surface area contributed by atoms with Crippen molar-refractivity contribution in [3.8, 4) is 0 Å². The first-order chi connectivity index (χ1) is 13.6. The van der Waals surface area contributed by atoms with Gasteiger partial charge in [-0.05, 0) is 68.7 Å². The monoisotopic (exact) mass is 394 g/mol. The van der Waals surface area contributed by atoms with Gasteiger partial charge >= 0.3 is 0 Å². The Morgan fingerprint density at radius 2 is 1.96 bits per heavy atom. The van der Waals surface area contributed by atoms with E-state index in [2.05, 4.69) is 16.7 Å². The predicted molar refractivity (Wildman–Crippen MR) is 115 cm³/mol. The number of benzene rings is 1. The highest BCUT2D eigenvalue weighted by Crippen LogP contribution is 2.19. The first kappa shape index (κ1) is 20.1. The van der Waals surface area contributed by atoms with Crippen molar-refractivity contribution in [3.63, 3.8) is 0 Å². The van der Waals surface area contributed by atoms with Gasteiger partial charge in [0.2, 0.25) is 0 Å². The second-order valence-electron chi connectivity index (χ2n) is 7.01. The van der Waals surface area contributed by atoms with Crippen molar-refractivity contribution >= 4 is 29.2 Å². The summed E-state index contributed by atoms with van der Waals surface area (Å²) in [5.41, 5.74) is 3.30. The topological polar surface area (TPSA) is 58.2 Å². The Balaban J connectivity index is 1.66. The minimum absolute atomic E-state index is 0.259. The molecule has 1 aliphatic carbocycles. The van der Waals surface area contributed by atoms with Crippen molar-refractivity contribution in [2.75, 3.05) is 6.54 Å².